The Morgan fingerprint density at radius 1 is 1.38 bits per heavy atom. The van der Waals surface area contributed by atoms with Crippen LogP contribution in [0.1, 0.15) is 16.1 Å². The average Bonchev–Trinajstić information content (AvgIpc) is 2.63. The summed E-state index contributed by atoms with van der Waals surface area (Å²) in [6.07, 6.45) is 1.49. The van der Waals surface area contributed by atoms with Gasteiger partial charge < -0.3 is 15.8 Å². The van der Waals surface area contributed by atoms with Crippen LogP contribution in [0.25, 0.3) is 0 Å². The monoisotopic (exact) mass is 424 g/mol. The predicted octanol–water partition coefficient (Wildman–Crippen LogP) is 2.79. The second kappa shape index (κ2) is 7.46. The molecule has 2 aromatic rings. The molecular formula is C17H15BrF2N4O2. The SMILES string of the molecule is NC1=NC(CF)(c2cc(NC(=O)c3ccc(Br)cn3)ccc2F)COC1. The molecule has 0 fully saturated rings. The number of anilines is 1. The summed E-state index contributed by atoms with van der Waals surface area (Å²) in [5, 5.41) is 2.61. The van der Waals surface area contributed by atoms with Gasteiger partial charge in [0.25, 0.3) is 5.91 Å². The molecule has 0 radical (unpaired) electrons. The summed E-state index contributed by atoms with van der Waals surface area (Å²) in [6.45, 7) is -1.07. The number of nitrogens with zero attached hydrogens (tertiary/aromatic N) is 2. The Balaban J connectivity index is 1.91. The standard InChI is InChI=1S/C17H15BrF2N4O2/c18-10-1-4-14(22-6-10)16(25)23-11-2-3-13(20)12(5-11)17(8-19)9-26-7-15(21)24-17/h1-6H,7-9H2,(H2,21,24)(H,23,25). The van der Waals surface area contributed by atoms with E-state index in [0.717, 1.165) is 10.5 Å². The molecule has 1 aliphatic heterocycles. The third-order valence-electron chi connectivity index (χ3n) is 3.86. The number of hydrogen-bond acceptors (Lipinski definition) is 5. The molecule has 0 bridgehead atoms. The van der Waals surface area contributed by atoms with Crippen molar-refractivity contribution in [2.45, 2.75) is 5.54 Å². The van der Waals surface area contributed by atoms with Crippen LogP contribution in [-0.2, 0) is 10.3 Å². The zero-order valence-corrected chi connectivity index (χ0v) is 15.1. The smallest absolute Gasteiger partial charge is 0.274 e. The highest BCUT2D eigenvalue weighted by molar-refractivity contribution is 9.10. The fourth-order valence-electron chi connectivity index (χ4n) is 2.61. The summed E-state index contributed by atoms with van der Waals surface area (Å²) in [4.78, 5) is 20.3. The van der Waals surface area contributed by atoms with Crippen LogP contribution < -0.4 is 11.1 Å². The van der Waals surface area contributed by atoms with Gasteiger partial charge in [0, 0.05) is 21.9 Å². The van der Waals surface area contributed by atoms with Gasteiger partial charge in [0.05, 0.1) is 6.61 Å². The molecule has 1 amide bonds. The number of ether oxygens (including phenoxy) is 1. The maximum Gasteiger partial charge on any atom is 0.274 e. The van der Waals surface area contributed by atoms with E-state index in [0.29, 0.717) is 0 Å². The van der Waals surface area contributed by atoms with Crippen molar-refractivity contribution in [3.8, 4) is 0 Å². The molecule has 1 aromatic heterocycles. The molecule has 1 unspecified atom stereocenters. The van der Waals surface area contributed by atoms with Crippen molar-refractivity contribution in [3.05, 3.63) is 58.1 Å². The number of benzene rings is 1. The van der Waals surface area contributed by atoms with Crippen LogP contribution in [0, 0.1) is 5.82 Å². The highest BCUT2D eigenvalue weighted by Gasteiger charge is 2.38. The molecule has 0 saturated carbocycles. The number of rotatable bonds is 4. The summed E-state index contributed by atoms with van der Waals surface area (Å²) in [7, 11) is 0. The summed E-state index contributed by atoms with van der Waals surface area (Å²) < 4.78 is 34.1. The first-order valence-corrected chi connectivity index (χ1v) is 8.44. The molecule has 1 atom stereocenters. The van der Waals surface area contributed by atoms with Gasteiger partial charge in [0.2, 0.25) is 0 Å². The number of pyridine rings is 1. The largest absolute Gasteiger partial charge is 0.385 e. The third-order valence-corrected chi connectivity index (χ3v) is 4.32. The maximum atomic E-state index is 14.4. The Hall–Kier alpha value is -2.39. The van der Waals surface area contributed by atoms with E-state index in [1.54, 1.807) is 6.07 Å². The van der Waals surface area contributed by atoms with Crippen molar-refractivity contribution in [2.75, 3.05) is 25.2 Å². The minimum atomic E-state index is -1.57. The van der Waals surface area contributed by atoms with Gasteiger partial charge in [-0.25, -0.2) is 13.8 Å². The summed E-state index contributed by atoms with van der Waals surface area (Å²) in [5.41, 5.74) is 4.49. The van der Waals surface area contributed by atoms with Crippen LogP contribution in [0.3, 0.4) is 0 Å². The molecule has 26 heavy (non-hydrogen) atoms. The van der Waals surface area contributed by atoms with E-state index >= 15 is 0 Å². The molecule has 1 aromatic carbocycles. The minimum Gasteiger partial charge on any atom is -0.385 e. The maximum absolute atomic E-state index is 14.4. The number of aromatic nitrogens is 1. The van der Waals surface area contributed by atoms with E-state index in [4.69, 9.17) is 10.5 Å². The molecular weight excluding hydrogens is 410 g/mol. The van der Waals surface area contributed by atoms with Crippen molar-refractivity contribution < 1.29 is 18.3 Å². The highest BCUT2D eigenvalue weighted by atomic mass is 79.9. The van der Waals surface area contributed by atoms with Crippen LogP contribution in [0.15, 0.2) is 46.0 Å². The number of amidine groups is 1. The Morgan fingerprint density at radius 3 is 2.85 bits per heavy atom. The second-order valence-corrected chi connectivity index (χ2v) is 6.69. The lowest BCUT2D eigenvalue weighted by molar-refractivity contribution is 0.0809. The Labute approximate surface area is 156 Å². The van der Waals surface area contributed by atoms with Crippen LogP contribution in [0.4, 0.5) is 14.5 Å². The molecule has 2 heterocycles. The van der Waals surface area contributed by atoms with Crippen molar-refractivity contribution in [3.63, 3.8) is 0 Å². The number of alkyl halides is 1. The van der Waals surface area contributed by atoms with Crippen molar-refractivity contribution >= 4 is 33.4 Å². The summed E-state index contributed by atoms with van der Waals surface area (Å²) in [6, 6.07) is 7.05. The minimum absolute atomic E-state index is 0.0378. The van der Waals surface area contributed by atoms with E-state index in [9.17, 15) is 13.6 Å². The first-order valence-electron chi connectivity index (χ1n) is 7.64. The highest BCUT2D eigenvalue weighted by Crippen LogP contribution is 2.33. The average molecular weight is 425 g/mol. The van der Waals surface area contributed by atoms with E-state index in [1.807, 2.05) is 0 Å². The number of aliphatic imine (C=N–C) groups is 1. The Bertz CT molecular complexity index is 860. The molecule has 6 nitrogen and oxygen atoms in total. The van der Waals surface area contributed by atoms with Crippen LogP contribution >= 0.6 is 15.9 Å². The fraction of sp³-hybridized carbons (Fsp3) is 0.235. The number of nitrogens with one attached hydrogen (secondary N) is 1. The molecule has 1 aliphatic rings. The van der Waals surface area contributed by atoms with Gasteiger partial charge >= 0.3 is 0 Å². The molecule has 0 aliphatic carbocycles. The molecule has 0 spiro atoms. The van der Waals surface area contributed by atoms with Gasteiger partial charge in [0.1, 0.15) is 36.2 Å². The van der Waals surface area contributed by atoms with E-state index in [1.165, 1.54) is 24.4 Å². The third kappa shape index (κ3) is 3.73. The Morgan fingerprint density at radius 2 is 2.19 bits per heavy atom. The number of carbonyl (C=O) groups excluding carboxylic acids is 1. The van der Waals surface area contributed by atoms with Gasteiger partial charge in [0.15, 0.2) is 0 Å². The fourth-order valence-corrected chi connectivity index (χ4v) is 2.84. The first-order chi connectivity index (χ1) is 12.4. The topological polar surface area (TPSA) is 89.6 Å². The number of nitrogens with two attached hydrogens (primary N) is 1. The van der Waals surface area contributed by atoms with Gasteiger partial charge in [-0.15, -0.1) is 0 Å². The van der Waals surface area contributed by atoms with Crippen LogP contribution in [0.2, 0.25) is 0 Å². The summed E-state index contributed by atoms with van der Waals surface area (Å²) >= 11 is 3.24. The summed E-state index contributed by atoms with van der Waals surface area (Å²) in [5.74, 6) is -1.06. The number of halogens is 3. The van der Waals surface area contributed by atoms with Crippen LogP contribution in [-0.4, -0.2) is 36.6 Å². The van der Waals surface area contributed by atoms with Crippen molar-refractivity contribution in [1.29, 1.82) is 0 Å². The normalized spacial score (nSPS) is 19.7. The van der Waals surface area contributed by atoms with Crippen molar-refractivity contribution in [1.82, 2.24) is 4.98 Å². The quantitative estimate of drug-likeness (QED) is 0.789. The lowest BCUT2D eigenvalue weighted by Gasteiger charge is -2.31. The van der Waals surface area contributed by atoms with Gasteiger partial charge in [-0.05, 0) is 46.3 Å². The van der Waals surface area contributed by atoms with E-state index in [-0.39, 0.29) is 36.0 Å². The zero-order chi connectivity index (χ0) is 18.7. The van der Waals surface area contributed by atoms with Gasteiger partial charge in [-0.1, -0.05) is 0 Å². The molecule has 136 valence electrons. The number of amides is 1. The van der Waals surface area contributed by atoms with Crippen LogP contribution in [0.5, 0.6) is 0 Å². The second-order valence-electron chi connectivity index (χ2n) is 5.77. The van der Waals surface area contributed by atoms with Gasteiger partial charge in [-0.2, -0.15) is 0 Å². The molecule has 3 rings (SSSR count). The lowest BCUT2D eigenvalue weighted by Crippen LogP contribution is -2.42. The van der Waals surface area contributed by atoms with E-state index in [2.05, 4.69) is 31.2 Å². The molecule has 9 heteroatoms. The lowest BCUT2D eigenvalue weighted by atomic mass is 9.91. The first kappa shape index (κ1) is 18.4. The predicted molar refractivity (Wildman–Crippen MR) is 96.4 cm³/mol. The molecule has 3 N–H and O–H groups in total. The van der Waals surface area contributed by atoms with E-state index < -0.39 is 23.9 Å². The Kier molecular flexibility index (Phi) is 5.28. The molecule has 0 saturated heterocycles. The van der Waals surface area contributed by atoms with Gasteiger partial charge in [-0.3, -0.25) is 9.79 Å². The zero-order valence-electron chi connectivity index (χ0n) is 13.5. The number of carbonyl (C=O) groups is 1. The van der Waals surface area contributed by atoms with Crippen molar-refractivity contribution in [2.24, 2.45) is 10.7 Å². The number of hydrogen-bond donors (Lipinski definition) is 2.